The fourth-order valence-electron chi connectivity index (χ4n) is 1.99. The molecule has 1 N–H and O–H groups in total. The third-order valence-corrected chi connectivity index (χ3v) is 3.44. The molecule has 0 aliphatic heterocycles. The highest BCUT2D eigenvalue weighted by Gasteiger charge is 2.15. The summed E-state index contributed by atoms with van der Waals surface area (Å²) in [5.41, 5.74) is -0.390. The highest BCUT2D eigenvalue weighted by molar-refractivity contribution is 6.30. The number of hydrogen-bond donors (Lipinski definition) is 1. The number of benzene rings is 1. The van der Waals surface area contributed by atoms with Crippen molar-refractivity contribution in [2.24, 2.45) is 0 Å². The molecule has 0 fully saturated rings. The van der Waals surface area contributed by atoms with Crippen LogP contribution in [0.2, 0.25) is 5.02 Å². The van der Waals surface area contributed by atoms with Crippen LogP contribution >= 0.6 is 11.6 Å². The van der Waals surface area contributed by atoms with Crippen LogP contribution < -0.4 is 10.3 Å². The molecule has 0 aliphatic carbocycles. The first kappa shape index (κ1) is 17.0. The molecule has 2 rings (SSSR count). The second-order valence-corrected chi connectivity index (χ2v) is 5.53. The number of halogens is 1. The summed E-state index contributed by atoms with van der Waals surface area (Å²) in [4.78, 5) is 31.9. The number of nitrogens with zero attached hydrogens (tertiary/aromatic N) is 2. The average Bonchev–Trinajstić information content (AvgIpc) is 2.51. The fourth-order valence-corrected chi connectivity index (χ4v) is 2.17. The Bertz CT molecular complexity index is 745. The maximum absolute atomic E-state index is 12.2. The zero-order valence-corrected chi connectivity index (χ0v) is 13.8. The van der Waals surface area contributed by atoms with Gasteiger partial charge in [-0.05, 0) is 31.5 Å². The van der Waals surface area contributed by atoms with Gasteiger partial charge in [0.05, 0.1) is 6.61 Å². The third-order valence-electron chi connectivity index (χ3n) is 3.21. The maximum atomic E-state index is 12.2. The zero-order chi connectivity index (χ0) is 16.8. The number of aromatic nitrogens is 2. The first-order chi connectivity index (χ1) is 11.0. The van der Waals surface area contributed by atoms with Gasteiger partial charge in [0.2, 0.25) is 0 Å². The minimum atomic E-state index is -0.426. The fraction of sp³-hybridized carbons (Fsp3) is 0.312. The smallest absolute Gasteiger partial charge is 0.263 e. The van der Waals surface area contributed by atoms with Crippen LogP contribution in [0.3, 0.4) is 0 Å². The number of aromatic amines is 1. The molecule has 1 heterocycles. The summed E-state index contributed by atoms with van der Waals surface area (Å²) in [7, 11) is 1.64. The molecule has 1 aromatic heterocycles. The molecule has 0 aliphatic rings. The van der Waals surface area contributed by atoms with Gasteiger partial charge in [0, 0.05) is 24.8 Å². The molecular formula is C16H18ClN3O3. The van der Waals surface area contributed by atoms with Gasteiger partial charge in [-0.3, -0.25) is 9.59 Å². The second-order valence-electron chi connectivity index (χ2n) is 5.10. The molecule has 1 amide bonds. The van der Waals surface area contributed by atoms with Gasteiger partial charge in [-0.2, -0.15) is 0 Å². The lowest BCUT2D eigenvalue weighted by atomic mass is 10.3. The SMILES string of the molecule is Cc1ncc(C(=O)N(C)CCCOc2cccc(Cl)c2)c(=O)[nH]1. The minimum absolute atomic E-state index is 0.0360. The predicted octanol–water partition coefficient (Wildman–Crippen LogP) is 2.27. The Morgan fingerprint density at radius 2 is 2.22 bits per heavy atom. The Morgan fingerprint density at radius 1 is 1.43 bits per heavy atom. The zero-order valence-electron chi connectivity index (χ0n) is 13.0. The number of rotatable bonds is 6. The molecule has 23 heavy (non-hydrogen) atoms. The highest BCUT2D eigenvalue weighted by atomic mass is 35.5. The van der Waals surface area contributed by atoms with Gasteiger partial charge in [0.15, 0.2) is 0 Å². The number of carbonyl (C=O) groups is 1. The third kappa shape index (κ3) is 4.82. The number of nitrogens with one attached hydrogen (secondary N) is 1. The summed E-state index contributed by atoms with van der Waals surface area (Å²) in [6.45, 7) is 2.57. The van der Waals surface area contributed by atoms with E-state index in [0.717, 1.165) is 0 Å². The monoisotopic (exact) mass is 335 g/mol. The van der Waals surface area contributed by atoms with E-state index in [1.807, 2.05) is 12.1 Å². The number of ether oxygens (including phenoxy) is 1. The number of carbonyl (C=O) groups excluding carboxylic acids is 1. The molecule has 0 bridgehead atoms. The number of H-pyrrole nitrogens is 1. The summed E-state index contributed by atoms with van der Waals surface area (Å²) >= 11 is 5.87. The average molecular weight is 336 g/mol. The topological polar surface area (TPSA) is 75.3 Å². The van der Waals surface area contributed by atoms with Crippen LogP contribution in [0.25, 0.3) is 0 Å². The molecule has 0 unspecified atom stereocenters. The number of amides is 1. The van der Waals surface area contributed by atoms with Gasteiger partial charge < -0.3 is 14.6 Å². The molecule has 7 heteroatoms. The van der Waals surface area contributed by atoms with Crippen molar-refractivity contribution < 1.29 is 9.53 Å². The maximum Gasteiger partial charge on any atom is 0.263 e. The van der Waals surface area contributed by atoms with Crippen LogP contribution in [0.15, 0.2) is 35.3 Å². The molecule has 0 saturated heterocycles. The van der Waals surface area contributed by atoms with Gasteiger partial charge in [-0.15, -0.1) is 0 Å². The van der Waals surface area contributed by atoms with Crippen LogP contribution in [-0.4, -0.2) is 41.0 Å². The molecule has 1 aromatic carbocycles. The van der Waals surface area contributed by atoms with E-state index in [0.29, 0.717) is 36.2 Å². The predicted molar refractivity (Wildman–Crippen MR) is 88.1 cm³/mol. The Labute approximate surface area is 139 Å². The van der Waals surface area contributed by atoms with Crippen molar-refractivity contribution in [1.29, 1.82) is 0 Å². The summed E-state index contributed by atoms with van der Waals surface area (Å²) in [6.07, 6.45) is 1.93. The second kappa shape index (κ2) is 7.78. The Kier molecular flexibility index (Phi) is 5.76. The molecule has 0 saturated carbocycles. The van der Waals surface area contributed by atoms with Gasteiger partial charge in [-0.25, -0.2) is 4.98 Å². The lowest BCUT2D eigenvalue weighted by Gasteiger charge is -2.16. The van der Waals surface area contributed by atoms with E-state index in [-0.39, 0.29) is 11.5 Å². The van der Waals surface area contributed by atoms with Crippen molar-refractivity contribution >= 4 is 17.5 Å². The molecule has 0 spiro atoms. The van der Waals surface area contributed by atoms with E-state index >= 15 is 0 Å². The van der Waals surface area contributed by atoms with Crippen molar-refractivity contribution in [1.82, 2.24) is 14.9 Å². The molecule has 6 nitrogen and oxygen atoms in total. The van der Waals surface area contributed by atoms with Crippen molar-refractivity contribution in [2.75, 3.05) is 20.2 Å². The Morgan fingerprint density at radius 3 is 2.91 bits per heavy atom. The van der Waals surface area contributed by atoms with Gasteiger partial charge in [0.1, 0.15) is 17.1 Å². The van der Waals surface area contributed by atoms with Crippen LogP contribution in [0.5, 0.6) is 5.75 Å². The Balaban J connectivity index is 1.83. The minimum Gasteiger partial charge on any atom is -0.493 e. The van der Waals surface area contributed by atoms with Crippen LogP contribution in [0.4, 0.5) is 0 Å². The van der Waals surface area contributed by atoms with Crippen molar-refractivity contribution in [3.63, 3.8) is 0 Å². The lowest BCUT2D eigenvalue weighted by Crippen LogP contribution is -2.33. The van der Waals surface area contributed by atoms with E-state index in [9.17, 15) is 9.59 Å². The normalized spacial score (nSPS) is 10.4. The van der Waals surface area contributed by atoms with Crippen LogP contribution in [-0.2, 0) is 0 Å². The van der Waals surface area contributed by atoms with Crippen LogP contribution in [0, 0.1) is 6.92 Å². The van der Waals surface area contributed by atoms with E-state index < -0.39 is 5.56 Å². The summed E-state index contributed by atoms with van der Waals surface area (Å²) in [5, 5.41) is 0.612. The first-order valence-corrected chi connectivity index (χ1v) is 7.55. The van der Waals surface area contributed by atoms with Crippen LogP contribution in [0.1, 0.15) is 22.6 Å². The molecule has 2 aromatic rings. The lowest BCUT2D eigenvalue weighted by molar-refractivity contribution is 0.0785. The molecule has 0 radical (unpaired) electrons. The largest absolute Gasteiger partial charge is 0.493 e. The van der Waals surface area contributed by atoms with Crippen molar-refractivity contribution in [3.8, 4) is 5.75 Å². The van der Waals surface area contributed by atoms with E-state index in [4.69, 9.17) is 16.3 Å². The van der Waals surface area contributed by atoms with E-state index in [2.05, 4.69) is 9.97 Å². The van der Waals surface area contributed by atoms with E-state index in [1.165, 1.54) is 11.1 Å². The summed E-state index contributed by atoms with van der Waals surface area (Å²) in [6, 6.07) is 7.13. The number of aryl methyl sites for hydroxylation is 1. The van der Waals surface area contributed by atoms with Crippen molar-refractivity contribution in [2.45, 2.75) is 13.3 Å². The van der Waals surface area contributed by atoms with Gasteiger partial charge in [0.25, 0.3) is 11.5 Å². The summed E-state index contributed by atoms with van der Waals surface area (Å²) < 4.78 is 5.56. The standard InChI is InChI=1S/C16H18ClN3O3/c1-11-18-10-14(15(21)19-11)16(22)20(2)7-4-8-23-13-6-3-5-12(17)9-13/h3,5-6,9-10H,4,7-8H2,1-2H3,(H,18,19,21). The van der Waals surface area contributed by atoms with Gasteiger partial charge in [-0.1, -0.05) is 17.7 Å². The molecular weight excluding hydrogens is 318 g/mol. The highest BCUT2D eigenvalue weighted by Crippen LogP contribution is 2.17. The molecule has 122 valence electrons. The Hall–Kier alpha value is -2.34. The van der Waals surface area contributed by atoms with Crippen molar-refractivity contribution in [3.05, 3.63) is 57.2 Å². The first-order valence-electron chi connectivity index (χ1n) is 7.17. The molecule has 0 atom stereocenters. The van der Waals surface area contributed by atoms with Gasteiger partial charge >= 0.3 is 0 Å². The van der Waals surface area contributed by atoms with E-state index in [1.54, 1.807) is 26.1 Å². The quantitative estimate of drug-likeness (QED) is 0.822. The summed E-state index contributed by atoms with van der Waals surface area (Å²) in [5.74, 6) is 0.802. The number of hydrogen-bond acceptors (Lipinski definition) is 4.